The Labute approximate surface area is 131 Å². The van der Waals surface area contributed by atoms with E-state index >= 15 is 0 Å². The number of aryl methyl sites for hydroxylation is 1. The van der Waals surface area contributed by atoms with Crippen LogP contribution in [-0.4, -0.2) is 28.2 Å². The van der Waals surface area contributed by atoms with Crippen LogP contribution in [0.15, 0.2) is 26.0 Å². The summed E-state index contributed by atoms with van der Waals surface area (Å²) < 4.78 is 33.5. The molecule has 1 N–H and O–H groups in total. The van der Waals surface area contributed by atoms with E-state index in [-0.39, 0.29) is 10.9 Å². The summed E-state index contributed by atoms with van der Waals surface area (Å²) in [6, 6.07) is 3.19. The summed E-state index contributed by atoms with van der Waals surface area (Å²) in [6.07, 6.45) is 0.625. The van der Waals surface area contributed by atoms with Gasteiger partial charge in [0.2, 0.25) is 10.0 Å². The van der Waals surface area contributed by atoms with E-state index in [0.29, 0.717) is 17.5 Å². The molecule has 0 heterocycles. The third-order valence-corrected chi connectivity index (χ3v) is 6.02. The summed E-state index contributed by atoms with van der Waals surface area (Å²) in [5.41, 5.74) is 0.971. The molecule has 19 heavy (non-hydrogen) atoms. The summed E-state index contributed by atoms with van der Waals surface area (Å²) in [5, 5.41) is 0. The third kappa shape index (κ3) is 4.82. The first-order valence-electron chi connectivity index (χ1n) is 5.75. The molecule has 0 aliphatic heterocycles. The van der Waals surface area contributed by atoms with Gasteiger partial charge in [0, 0.05) is 28.7 Å². The fourth-order valence-electron chi connectivity index (χ4n) is 1.52. The highest BCUT2D eigenvalue weighted by molar-refractivity contribution is 9.11. The van der Waals surface area contributed by atoms with Crippen molar-refractivity contribution in [2.24, 2.45) is 0 Å². The number of halogens is 2. The van der Waals surface area contributed by atoms with Gasteiger partial charge in [-0.25, -0.2) is 13.1 Å². The van der Waals surface area contributed by atoms with E-state index in [4.69, 9.17) is 4.74 Å². The molecule has 0 radical (unpaired) electrons. The molecule has 1 aromatic carbocycles. The minimum absolute atomic E-state index is 0.183. The molecular formula is C12H17Br2NO3S. The summed E-state index contributed by atoms with van der Waals surface area (Å²) >= 11 is 6.64. The van der Waals surface area contributed by atoms with Crippen LogP contribution in [-0.2, 0) is 14.8 Å². The van der Waals surface area contributed by atoms with Crippen LogP contribution in [0.5, 0.6) is 0 Å². The van der Waals surface area contributed by atoms with Crippen molar-refractivity contribution in [2.45, 2.75) is 31.2 Å². The fraction of sp³-hybridized carbons (Fsp3) is 0.500. The van der Waals surface area contributed by atoms with Gasteiger partial charge >= 0.3 is 0 Å². The van der Waals surface area contributed by atoms with Crippen LogP contribution in [0.25, 0.3) is 0 Å². The Balaban J connectivity index is 2.98. The molecule has 0 saturated heterocycles. The van der Waals surface area contributed by atoms with Crippen molar-refractivity contribution in [3.63, 3.8) is 0 Å². The highest BCUT2D eigenvalue weighted by Crippen LogP contribution is 2.28. The Morgan fingerprint density at radius 3 is 2.53 bits per heavy atom. The predicted octanol–water partition coefficient (Wildman–Crippen LogP) is 3.22. The van der Waals surface area contributed by atoms with E-state index < -0.39 is 10.0 Å². The quantitative estimate of drug-likeness (QED) is 0.777. The lowest BCUT2D eigenvalue weighted by atomic mass is 10.2. The van der Waals surface area contributed by atoms with Crippen LogP contribution < -0.4 is 4.72 Å². The highest BCUT2D eigenvalue weighted by atomic mass is 79.9. The van der Waals surface area contributed by atoms with Crippen LogP contribution in [0.3, 0.4) is 0 Å². The number of ether oxygens (including phenoxy) is 1. The largest absolute Gasteiger partial charge is 0.385 e. The lowest BCUT2D eigenvalue weighted by Gasteiger charge is -2.15. The molecule has 0 saturated carbocycles. The van der Waals surface area contributed by atoms with Crippen molar-refractivity contribution in [3.8, 4) is 0 Å². The molecule has 1 unspecified atom stereocenters. The number of hydrogen-bond donors (Lipinski definition) is 1. The van der Waals surface area contributed by atoms with Gasteiger partial charge in [0.1, 0.15) is 0 Å². The second-order valence-corrected chi connectivity index (χ2v) is 7.73. The smallest absolute Gasteiger partial charge is 0.241 e. The van der Waals surface area contributed by atoms with Gasteiger partial charge in [0.15, 0.2) is 0 Å². The molecule has 0 aliphatic carbocycles. The summed E-state index contributed by atoms with van der Waals surface area (Å²) in [6.45, 7) is 4.23. The molecule has 0 bridgehead atoms. The molecule has 0 aliphatic rings. The Hall–Kier alpha value is 0.0500. The zero-order chi connectivity index (χ0) is 14.6. The Kier molecular flexibility index (Phi) is 6.46. The number of methoxy groups -OCH3 is 1. The minimum Gasteiger partial charge on any atom is -0.385 e. The zero-order valence-corrected chi connectivity index (χ0v) is 15.0. The van der Waals surface area contributed by atoms with Crippen LogP contribution >= 0.6 is 31.9 Å². The van der Waals surface area contributed by atoms with E-state index in [1.807, 2.05) is 13.8 Å². The molecule has 0 fully saturated rings. The molecule has 0 aromatic heterocycles. The highest BCUT2D eigenvalue weighted by Gasteiger charge is 2.21. The molecule has 7 heteroatoms. The standard InChI is InChI=1S/C12H17Br2NO3S/c1-8-6-11(14)12(7-10(8)13)19(16,17)15-9(2)4-5-18-3/h6-7,9,15H,4-5H2,1-3H3. The van der Waals surface area contributed by atoms with Gasteiger partial charge in [-0.15, -0.1) is 0 Å². The van der Waals surface area contributed by atoms with Gasteiger partial charge in [-0.05, 0) is 53.9 Å². The van der Waals surface area contributed by atoms with Crippen molar-refractivity contribution in [2.75, 3.05) is 13.7 Å². The van der Waals surface area contributed by atoms with Gasteiger partial charge in [0.05, 0.1) is 4.90 Å². The van der Waals surface area contributed by atoms with Crippen molar-refractivity contribution >= 4 is 41.9 Å². The van der Waals surface area contributed by atoms with Crippen molar-refractivity contribution in [1.29, 1.82) is 0 Å². The number of nitrogens with one attached hydrogen (secondary N) is 1. The lowest BCUT2D eigenvalue weighted by molar-refractivity contribution is 0.188. The maximum atomic E-state index is 12.3. The van der Waals surface area contributed by atoms with Crippen LogP contribution in [0.2, 0.25) is 0 Å². The minimum atomic E-state index is -3.54. The van der Waals surface area contributed by atoms with Gasteiger partial charge < -0.3 is 4.74 Å². The van der Waals surface area contributed by atoms with Gasteiger partial charge in [0.25, 0.3) is 0 Å². The third-order valence-electron chi connectivity index (χ3n) is 2.61. The molecule has 1 rings (SSSR count). The normalized spacial score (nSPS) is 13.5. The summed E-state index contributed by atoms with van der Waals surface area (Å²) in [5.74, 6) is 0. The summed E-state index contributed by atoms with van der Waals surface area (Å²) in [7, 11) is -1.95. The van der Waals surface area contributed by atoms with E-state index in [2.05, 4.69) is 36.6 Å². The second-order valence-electron chi connectivity index (χ2n) is 4.34. The lowest BCUT2D eigenvalue weighted by Crippen LogP contribution is -2.33. The number of hydrogen-bond acceptors (Lipinski definition) is 3. The van der Waals surface area contributed by atoms with E-state index in [0.717, 1.165) is 10.0 Å². The van der Waals surface area contributed by atoms with E-state index in [1.165, 1.54) is 0 Å². The molecule has 1 atom stereocenters. The Morgan fingerprint density at radius 2 is 1.95 bits per heavy atom. The first-order chi connectivity index (χ1) is 8.77. The van der Waals surface area contributed by atoms with Crippen molar-refractivity contribution in [1.82, 2.24) is 4.72 Å². The fourth-order valence-corrected chi connectivity index (χ4v) is 4.47. The molecule has 1 aromatic rings. The van der Waals surface area contributed by atoms with Crippen LogP contribution in [0, 0.1) is 6.92 Å². The Bertz CT molecular complexity index is 546. The van der Waals surface area contributed by atoms with Crippen LogP contribution in [0.1, 0.15) is 18.9 Å². The van der Waals surface area contributed by atoms with E-state index in [9.17, 15) is 8.42 Å². The molecule has 0 spiro atoms. The number of benzene rings is 1. The number of sulfonamides is 1. The topological polar surface area (TPSA) is 55.4 Å². The van der Waals surface area contributed by atoms with Gasteiger partial charge in [-0.1, -0.05) is 15.9 Å². The first-order valence-corrected chi connectivity index (χ1v) is 8.81. The molecular weight excluding hydrogens is 398 g/mol. The van der Waals surface area contributed by atoms with Gasteiger partial charge in [-0.2, -0.15) is 0 Å². The first kappa shape index (κ1) is 17.1. The molecule has 0 amide bonds. The monoisotopic (exact) mass is 413 g/mol. The maximum absolute atomic E-state index is 12.3. The average molecular weight is 415 g/mol. The molecule has 4 nitrogen and oxygen atoms in total. The molecule has 108 valence electrons. The predicted molar refractivity (Wildman–Crippen MR) is 82.9 cm³/mol. The summed E-state index contributed by atoms with van der Waals surface area (Å²) in [4.78, 5) is 0.231. The van der Waals surface area contributed by atoms with Crippen molar-refractivity contribution in [3.05, 3.63) is 26.6 Å². The second kappa shape index (κ2) is 7.17. The SMILES string of the molecule is COCCC(C)NS(=O)(=O)c1cc(Br)c(C)cc1Br. The van der Waals surface area contributed by atoms with Gasteiger partial charge in [-0.3, -0.25) is 0 Å². The van der Waals surface area contributed by atoms with Crippen LogP contribution in [0.4, 0.5) is 0 Å². The Morgan fingerprint density at radius 1 is 1.32 bits per heavy atom. The zero-order valence-electron chi connectivity index (χ0n) is 11.0. The maximum Gasteiger partial charge on any atom is 0.241 e. The van der Waals surface area contributed by atoms with Crippen molar-refractivity contribution < 1.29 is 13.2 Å². The average Bonchev–Trinajstić information content (AvgIpc) is 2.30. The van der Waals surface area contributed by atoms with E-state index in [1.54, 1.807) is 19.2 Å². The number of rotatable bonds is 6.